The molecule has 1 aromatic carbocycles. The Bertz CT molecular complexity index is 538. The average molecular weight is 320 g/mol. The molecule has 4 nitrogen and oxygen atoms in total. The Balaban J connectivity index is 2.18. The Labute approximate surface area is 139 Å². The van der Waals surface area contributed by atoms with Crippen molar-refractivity contribution < 1.29 is 19.0 Å². The summed E-state index contributed by atoms with van der Waals surface area (Å²) in [5, 5.41) is 0. The first kappa shape index (κ1) is 17.6. The molecule has 0 N–H and O–H groups in total. The lowest BCUT2D eigenvalue weighted by molar-refractivity contribution is -0.145. The van der Waals surface area contributed by atoms with Gasteiger partial charge >= 0.3 is 5.97 Å². The number of hydrogen-bond donors (Lipinski definition) is 0. The van der Waals surface area contributed by atoms with Crippen molar-refractivity contribution in [1.29, 1.82) is 0 Å². The predicted octanol–water partition coefficient (Wildman–Crippen LogP) is 3.93. The van der Waals surface area contributed by atoms with Gasteiger partial charge in [-0.05, 0) is 55.9 Å². The smallest absolute Gasteiger partial charge is 0.309 e. The molecule has 2 rings (SSSR count). The van der Waals surface area contributed by atoms with Crippen molar-refractivity contribution in [3.05, 3.63) is 23.3 Å². The summed E-state index contributed by atoms with van der Waals surface area (Å²) in [5.41, 5.74) is 2.42. The highest BCUT2D eigenvalue weighted by Crippen LogP contribution is 2.36. The van der Waals surface area contributed by atoms with Gasteiger partial charge in [0.25, 0.3) is 0 Å². The molecule has 0 fully saturated rings. The largest absolute Gasteiger partial charge is 0.493 e. The number of unbranched alkanes of at least 4 members (excludes halogenated alkanes) is 1. The second-order valence-electron chi connectivity index (χ2n) is 6.31. The molecule has 1 aromatic rings. The number of rotatable bonds is 7. The molecule has 0 spiro atoms. The van der Waals surface area contributed by atoms with Crippen molar-refractivity contribution in [2.75, 3.05) is 14.2 Å². The number of methoxy groups -OCH3 is 2. The highest BCUT2D eigenvalue weighted by atomic mass is 16.5. The molecule has 0 amide bonds. The quantitative estimate of drug-likeness (QED) is 0.714. The van der Waals surface area contributed by atoms with Crippen LogP contribution in [0.5, 0.6) is 11.5 Å². The van der Waals surface area contributed by atoms with Gasteiger partial charge in [0.05, 0.1) is 26.2 Å². The van der Waals surface area contributed by atoms with E-state index < -0.39 is 0 Å². The van der Waals surface area contributed by atoms with Crippen LogP contribution in [0.1, 0.15) is 50.7 Å². The molecule has 0 bridgehead atoms. The maximum absolute atomic E-state index is 11.8. The van der Waals surface area contributed by atoms with E-state index in [1.54, 1.807) is 7.11 Å². The summed E-state index contributed by atoms with van der Waals surface area (Å²) < 4.78 is 16.5. The molecule has 0 saturated heterocycles. The number of esters is 1. The fraction of sp³-hybridized carbons (Fsp3) is 0.632. The van der Waals surface area contributed by atoms with Crippen LogP contribution in [0, 0.1) is 5.92 Å². The Kier molecular flexibility index (Phi) is 6.31. The van der Waals surface area contributed by atoms with E-state index in [0.29, 0.717) is 6.42 Å². The summed E-state index contributed by atoms with van der Waals surface area (Å²) in [4.78, 5) is 11.8. The van der Waals surface area contributed by atoms with E-state index in [-0.39, 0.29) is 18.0 Å². The van der Waals surface area contributed by atoms with E-state index in [4.69, 9.17) is 14.2 Å². The number of benzene rings is 1. The van der Waals surface area contributed by atoms with Gasteiger partial charge in [-0.2, -0.15) is 0 Å². The van der Waals surface area contributed by atoms with E-state index in [0.717, 1.165) is 43.6 Å². The highest BCUT2D eigenvalue weighted by molar-refractivity contribution is 5.73. The van der Waals surface area contributed by atoms with Gasteiger partial charge in [0, 0.05) is 0 Å². The lowest BCUT2D eigenvalue weighted by Crippen LogP contribution is -2.24. The Hall–Kier alpha value is -1.71. The van der Waals surface area contributed by atoms with Gasteiger partial charge in [0.1, 0.15) is 0 Å². The van der Waals surface area contributed by atoms with Gasteiger partial charge in [0.15, 0.2) is 11.5 Å². The van der Waals surface area contributed by atoms with Crippen LogP contribution in [0.3, 0.4) is 0 Å². The molecule has 0 aliphatic heterocycles. The molecule has 0 radical (unpaired) electrons. The van der Waals surface area contributed by atoms with Crippen LogP contribution in [-0.2, 0) is 22.4 Å². The predicted molar refractivity (Wildman–Crippen MR) is 90.1 cm³/mol. The molecule has 0 heterocycles. The highest BCUT2D eigenvalue weighted by Gasteiger charge is 2.27. The van der Waals surface area contributed by atoms with E-state index in [1.165, 1.54) is 18.2 Å². The molecule has 128 valence electrons. The lowest BCUT2D eigenvalue weighted by Gasteiger charge is -2.25. The second kappa shape index (κ2) is 8.23. The number of ether oxygens (including phenoxy) is 3. The van der Waals surface area contributed by atoms with Crippen LogP contribution in [-0.4, -0.2) is 26.3 Å². The fourth-order valence-electron chi connectivity index (χ4n) is 3.15. The molecule has 0 saturated carbocycles. The van der Waals surface area contributed by atoms with Crippen molar-refractivity contribution >= 4 is 5.97 Å². The first-order chi connectivity index (χ1) is 11.1. The van der Waals surface area contributed by atoms with Crippen molar-refractivity contribution in [3.63, 3.8) is 0 Å². The van der Waals surface area contributed by atoms with Gasteiger partial charge in [-0.3, -0.25) is 4.79 Å². The molecular weight excluding hydrogens is 292 g/mol. The number of carbonyl (C=O) groups excluding carboxylic acids is 1. The molecular formula is C19H28O4. The Morgan fingerprint density at radius 1 is 1.26 bits per heavy atom. The molecule has 0 aromatic heterocycles. The number of carbonyl (C=O) groups is 1. The fourth-order valence-corrected chi connectivity index (χ4v) is 3.15. The van der Waals surface area contributed by atoms with Crippen LogP contribution < -0.4 is 9.47 Å². The molecule has 4 heteroatoms. The zero-order valence-corrected chi connectivity index (χ0v) is 14.7. The van der Waals surface area contributed by atoms with E-state index in [1.807, 2.05) is 6.07 Å². The Morgan fingerprint density at radius 2 is 2.00 bits per heavy atom. The normalized spacial score (nSPS) is 18.0. The minimum absolute atomic E-state index is 0.0498. The van der Waals surface area contributed by atoms with E-state index >= 15 is 0 Å². The Morgan fingerprint density at radius 3 is 2.65 bits per heavy atom. The molecule has 2 atom stereocenters. The van der Waals surface area contributed by atoms with Gasteiger partial charge in [0.2, 0.25) is 0 Å². The minimum atomic E-state index is -0.120. The van der Waals surface area contributed by atoms with Crippen molar-refractivity contribution in [2.24, 2.45) is 5.92 Å². The van der Waals surface area contributed by atoms with Crippen LogP contribution in [0.15, 0.2) is 12.1 Å². The molecule has 1 aliphatic rings. The van der Waals surface area contributed by atoms with E-state index in [9.17, 15) is 4.79 Å². The standard InChI is InChI=1S/C19H28O4/c1-5-6-7-13(2)23-18-12-16-10-15(19(20)22-4)9-8-14(16)11-17(18)21-3/h11-13,15H,5-10H2,1-4H3. The zero-order chi connectivity index (χ0) is 16.8. The molecule has 2 unspecified atom stereocenters. The maximum atomic E-state index is 11.8. The third-order valence-electron chi connectivity index (χ3n) is 4.54. The molecule has 1 aliphatic carbocycles. The summed E-state index contributed by atoms with van der Waals surface area (Å²) in [6, 6.07) is 4.11. The maximum Gasteiger partial charge on any atom is 0.309 e. The lowest BCUT2D eigenvalue weighted by atomic mass is 9.83. The van der Waals surface area contributed by atoms with Gasteiger partial charge in [-0.25, -0.2) is 0 Å². The first-order valence-electron chi connectivity index (χ1n) is 8.53. The summed E-state index contributed by atoms with van der Waals surface area (Å²) in [5.74, 6) is 1.39. The van der Waals surface area contributed by atoms with Gasteiger partial charge in [-0.1, -0.05) is 19.8 Å². The SMILES string of the molecule is CCCCC(C)Oc1cc2c(cc1OC)CCC(C(=O)OC)C2. The first-order valence-corrected chi connectivity index (χ1v) is 8.53. The topological polar surface area (TPSA) is 44.8 Å². The summed E-state index contributed by atoms with van der Waals surface area (Å²) >= 11 is 0. The minimum Gasteiger partial charge on any atom is -0.493 e. The number of fused-ring (bicyclic) bond motifs is 1. The number of aryl methyl sites for hydroxylation is 1. The van der Waals surface area contributed by atoms with Gasteiger partial charge in [-0.15, -0.1) is 0 Å². The van der Waals surface area contributed by atoms with Crippen LogP contribution in [0.25, 0.3) is 0 Å². The third-order valence-corrected chi connectivity index (χ3v) is 4.54. The van der Waals surface area contributed by atoms with Crippen molar-refractivity contribution in [3.8, 4) is 11.5 Å². The number of hydrogen-bond acceptors (Lipinski definition) is 4. The monoisotopic (exact) mass is 320 g/mol. The van der Waals surface area contributed by atoms with Crippen LogP contribution in [0.2, 0.25) is 0 Å². The summed E-state index contributed by atoms with van der Waals surface area (Å²) in [6.45, 7) is 4.27. The average Bonchev–Trinajstić information content (AvgIpc) is 2.58. The van der Waals surface area contributed by atoms with Crippen molar-refractivity contribution in [1.82, 2.24) is 0 Å². The van der Waals surface area contributed by atoms with E-state index in [2.05, 4.69) is 19.9 Å². The van der Waals surface area contributed by atoms with Crippen LogP contribution in [0.4, 0.5) is 0 Å². The zero-order valence-electron chi connectivity index (χ0n) is 14.7. The van der Waals surface area contributed by atoms with Crippen LogP contribution >= 0.6 is 0 Å². The summed E-state index contributed by atoms with van der Waals surface area (Å²) in [6.07, 6.45) is 5.91. The second-order valence-corrected chi connectivity index (χ2v) is 6.31. The van der Waals surface area contributed by atoms with Gasteiger partial charge < -0.3 is 14.2 Å². The third kappa shape index (κ3) is 4.40. The molecule has 23 heavy (non-hydrogen) atoms. The summed E-state index contributed by atoms with van der Waals surface area (Å²) in [7, 11) is 3.13. The van der Waals surface area contributed by atoms with Crippen molar-refractivity contribution in [2.45, 2.75) is 58.5 Å².